The molecule has 0 radical (unpaired) electrons. The summed E-state index contributed by atoms with van der Waals surface area (Å²) in [5, 5.41) is 0.611. The molecule has 0 fully saturated rings. The van der Waals surface area contributed by atoms with Crippen LogP contribution in [0.3, 0.4) is 0 Å². The summed E-state index contributed by atoms with van der Waals surface area (Å²) in [5.74, 6) is 1.47. The number of imidazole rings is 1. The molecule has 1 atom stereocenters. The maximum Gasteiger partial charge on any atom is 0.127 e. The van der Waals surface area contributed by atoms with Crippen LogP contribution in [-0.4, -0.2) is 9.55 Å². The van der Waals surface area contributed by atoms with Crippen LogP contribution in [0.4, 0.5) is 0 Å². The van der Waals surface area contributed by atoms with E-state index in [1.807, 2.05) is 25.1 Å². The van der Waals surface area contributed by atoms with Crippen molar-refractivity contribution in [1.29, 1.82) is 0 Å². The van der Waals surface area contributed by atoms with Gasteiger partial charge in [0.15, 0.2) is 0 Å². The van der Waals surface area contributed by atoms with Gasteiger partial charge < -0.3 is 4.57 Å². The fourth-order valence-electron chi connectivity index (χ4n) is 1.98. The minimum atomic E-state index is -0.0973. The van der Waals surface area contributed by atoms with E-state index in [1.165, 1.54) is 0 Å². The van der Waals surface area contributed by atoms with Gasteiger partial charge in [-0.3, -0.25) is 0 Å². The molecule has 0 aliphatic rings. The molecule has 0 aliphatic heterocycles. The molecule has 2 nitrogen and oxygen atoms in total. The van der Waals surface area contributed by atoms with Crippen molar-refractivity contribution in [3.8, 4) is 0 Å². The fourth-order valence-corrected chi connectivity index (χ4v) is 2.32. The number of benzene rings is 1. The Balaban J connectivity index is 2.62. The third-order valence-electron chi connectivity index (χ3n) is 2.64. The zero-order valence-corrected chi connectivity index (χ0v) is 11.8. The molecule has 17 heavy (non-hydrogen) atoms. The summed E-state index contributed by atoms with van der Waals surface area (Å²) in [6.07, 6.45) is 0. The van der Waals surface area contributed by atoms with Crippen molar-refractivity contribution >= 4 is 34.2 Å². The summed E-state index contributed by atoms with van der Waals surface area (Å²) in [7, 11) is 0. The topological polar surface area (TPSA) is 17.8 Å². The largest absolute Gasteiger partial charge is 0.326 e. The predicted molar refractivity (Wildman–Crippen MR) is 73.8 cm³/mol. The lowest BCUT2D eigenvalue weighted by Crippen LogP contribution is -2.08. The van der Waals surface area contributed by atoms with Crippen LogP contribution in [-0.2, 0) is 6.54 Å². The summed E-state index contributed by atoms with van der Waals surface area (Å²) in [6.45, 7) is 7.24. The van der Waals surface area contributed by atoms with E-state index in [4.69, 9.17) is 23.2 Å². The number of aromatic nitrogens is 2. The van der Waals surface area contributed by atoms with Gasteiger partial charge in [-0.1, -0.05) is 25.4 Å². The van der Waals surface area contributed by atoms with Crippen molar-refractivity contribution in [3.05, 3.63) is 29.0 Å². The summed E-state index contributed by atoms with van der Waals surface area (Å²) < 4.78 is 2.19. The average molecular weight is 271 g/mol. The van der Waals surface area contributed by atoms with Crippen molar-refractivity contribution in [3.63, 3.8) is 0 Å². The molecule has 1 heterocycles. The summed E-state index contributed by atoms with van der Waals surface area (Å²) in [5.41, 5.74) is 2.02. The lowest BCUT2D eigenvalue weighted by atomic mass is 10.2. The van der Waals surface area contributed by atoms with E-state index in [-0.39, 0.29) is 5.38 Å². The van der Waals surface area contributed by atoms with Gasteiger partial charge in [-0.15, -0.1) is 11.6 Å². The predicted octanol–water partition coefficient (Wildman–Crippen LogP) is 4.65. The number of alkyl halides is 1. The standard InChI is InChI=1S/C13H16Cl2N2/c1-8(2)7-17-12-5-4-10(15)6-11(12)16-13(17)9(3)14/h4-6,8-9H,7H2,1-3H3. The lowest BCUT2D eigenvalue weighted by Gasteiger charge is -2.12. The van der Waals surface area contributed by atoms with Gasteiger partial charge in [-0.05, 0) is 31.0 Å². The maximum atomic E-state index is 6.19. The molecule has 0 bridgehead atoms. The molecular weight excluding hydrogens is 255 g/mol. The van der Waals surface area contributed by atoms with Crippen LogP contribution in [0.15, 0.2) is 18.2 Å². The van der Waals surface area contributed by atoms with Crippen molar-refractivity contribution in [2.75, 3.05) is 0 Å². The van der Waals surface area contributed by atoms with Gasteiger partial charge in [0.05, 0.1) is 16.4 Å². The molecule has 92 valence electrons. The highest BCUT2D eigenvalue weighted by Crippen LogP contribution is 2.27. The second-order valence-electron chi connectivity index (χ2n) is 4.72. The minimum Gasteiger partial charge on any atom is -0.326 e. The normalized spacial score (nSPS) is 13.5. The fraction of sp³-hybridized carbons (Fsp3) is 0.462. The Kier molecular flexibility index (Phi) is 3.64. The van der Waals surface area contributed by atoms with Crippen LogP contribution in [0.5, 0.6) is 0 Å². The van der Waals surface area contributed by atoms with Gasteiger partial charge >= 0.3 is 0 Å². The van der Waals surface area contributed by atoms with Crippen molar-refractivity contribution in [2.24, 2.45) is 5.92 Å². The molecule has 1 aromatic heterocycles. The van der Waals surface area contributed by atoms with Crippen LogP contribution in [0.1, 0.15) is 32.0 Å². The Morgan fingerprint density at radius 1 is 1.29 bits per heavy atom. The van der Waals surface area contributed by atoms with Crippen LogP contribution < -0.4 is 0 Å². The molecule has 0 N–H and O–H groups in total. The highest BCUT2D eigenvalue weighted by atomic mass is 35.5. The molecule has 1 unspecified atom stereocenters. The molecule has 2 rings (SSSR count). The maximum absolute atomic E-state index is 6.19. The number of hydrogen-bond donors (Lipinski definition) is 0. The molecule has 0 aliphatic carbocycles. The number of halogens is 2. The number of rotatable bonds is 3. The Bertz CT molecular complexity index is 529. The molecule has 1 aromatic carbocycles. The van der Waals surface area contributed by atoms with Gasteiger partial charge in [-0.2, -0.15) is 0 Å². The van der Waals surface area contributed by atoms with Crippen LogP contribution in [0, 0.1) is 5.92 Å². The van der Waals surface area contributed by atoms with Crippen molar-refractivity contribution < 1.29 is 0 Å². The third kappa shape index (κ3) is 2.58. The average Bonchev–Trinajstić information content (AvgIpc) is 2.55. The van der Waals surface area contributed by atoms with Gasteiger partial charge in [-0.25, -0.2) is 4.98 Å². The third-order valence-corrected chi connectivity index (χ3v) is 3.07. The summed E-state index contributed by atoms with van der Waals surface area (Å²) in [6, 6.07) is 5.79. The van der Waals surface area contributed by atoms with Gasteiger partial charge in [0, 0.05) is 11.6 Å². The number of hydrogen-bond acceptors (Lipinski definition) is 1. The smallest absolute Gasteiger partial charge is 0.127 e. The Labute approximate surface area is 112 Å². The van der Waals surface area contributed by atoms with E-state index in [1.54, 1.807) is 0 Å². The lowest BCUT2D eigenvalue weighted by molar-refractivity contribution is 0.517. The number of nitrogens with zero attached hydrogens (tertiary/aromatic N) is 2. The van der Waals surface area contributed by atoms with E-state index in [0.29, 0.717) is 10.9 Å². The van der Waals surface area contributed by atoms with Gasteiger partial charge in [0.1, 0.15) is 5.82 Å². The first-order valence-electron chi connectivity index (χ1n) is 5.78. The first-order chi connectivity index (χ1) is 7.99. The molecular formula is C13H16Cl2N2. The molecule has 4 heteroatoms. The second kappa shape index (κ2) is 4.87. The zero-order valence-electron chi connectivity index (χ0n) is 10.2. The van der Waals surface area contributed by atoms with E-state index < -0.39 is 0 Å². The molecule has 0 spiro atoms. The molecule has 0 saturated heterocycles. The zero-order chi connectivity index (χ0) is 12.6. The monoisotopic (exact) mass is 270 g/mol. The van der Waals surface area contributed by atoms with Crippen LogP contribution >= 0.6 is 23.2 Å². The first-order valence-corrected chi connectivity index (χ1v) is 6.60. The van der Waals surface area contributed by atoms with Crippen molar-refractivity contribution in [1.82, 2.24) is 9.55 Å². The minimum absolute atomic E-state index is 0.0973. The van der Waals surface area contributed by atoms with Gasteiger partial charge in [0.25, 0.3) is 0 Å². The molecule has 2 aromatic rings. The summed E-state index contributed by atoms with van der Waals surface area (Å²) in [4.78, 5) is 4.57. The molecule has 0 saturated carbocycles. The van der Waals surface area contributed by atoms with E-state index >= 15 is 0 Å². The highest BCUT2D eigenvalue weighted by Gasteiger charge is 2.15. The van der Waals surface area contributed by atoms with E-state index in [9.17, 15) is 0 Å². The second-order valence-corrected chi connectivity index (χ2v) is 5.81. The van der Waals surface area contributed by atoms with Crippen LogP contribution in [0.25, 0.3) is 11.0 Å². The Hall–Kier alpha value is -0.730. The van der Waals surface area contributed by atoms with Gasteiger partial charge in [0.2, 0.25) is 0 Å². The Morgan fingerprint density at radius 2 is 2.00 bits per heavy atom. The van der Waals surface area contributed by atoms with Crippen molar-refractivity contribution in [2.45, 2.75) is 32.7 Å². The number of fused-ring (bicyclic) bond motifs is 1. The first kappa shape index (κ1) is 12.7. The highest BCUT2D eigenvalue weighted by molar-refractivity contribution is 6.31. The van der Waals surface area contributed by atoms with Crippen LogP contribution in [0.2, 0.25) is 5.02 Å². The van der Waals surface area contributed by atoms with E-state index in [2.05, 4.69) is 23.4 Å². The quantitative estimate of drug-likeness (QED) is 0.743. The summed E-state index contributed by atoms with van der Waals surface area (Å²) >= 11 is 12.2. The van der Waals surface area contributed by atoms with E-state index in [0.717, 1.165) is 23.4 Å². The molecule has 0 amide bonds. The SMILES string of the molecule is CC(C)Cn1c(C(C)Cl)nc2cc(Cl)ccc21. The Morgan fingerprint density at radius 3 is 2.59 bits per heavy atom.